The number of nitro benzene ring substituents is 1. The zero-order valence-electron chi connectivity index (χ0n) is 12.0. The molecule has 0 aromatic heterocycles. The van der Waals surface area contributed by atoms with E-state index in [4.69, 9.17) is 0 Å². The molecular weight excluding hydrogens is 332 g/mol. The first kappa shape index (κ1) is 15.5. The van der Waals surface area contributed by atoms with Crippen LogP contribution in [0.4, 0.5) is 11.4 Å². The van der Waals surface area contributed by atoms with Crippen molar-refractivity contribution in [2.45, 2.75) is 26.3 Å². The van der Waals surface area contributed by atoms with Crippen molar-refractivity contribution in [3.63, 3.8) is 0 Å². The van der Waals surface area contributed by atoms with E-state index in [0.29, 0.717) is 12.5 Å². The summed E-state index contributed by atoms with van der Waals surface area (Å²) in [5.74, 6) is 0.439. The summed E-state index contributed by atoms with van der Waals surface area (Å²) in [6.07, 6.45) is 0. The van der Waals surface area contributed by atoms with Gasteiger partial charge in [-0.3, -0.25) is 10.1 Å². The summed E-state index contributed by atoms with van der Waals surface area (Å²) in [5.41, 5.74) is 3.43. The Labute approximate surface area is 132 Å². The third kappa shape index (κ3) is 3.82. The van der Waals surface area contributed by atoms with Gasteiger partial charge in [-0.25, -0.2) is 0 Å². The normalized spacial score (nSPS) is 10.7. The van der Waals surface area contributed by atoms with Gasteiger partial charge in [-0.05, 0) is 29.2 Å². The van der Waals surface area contributed by atoms with Crippen LogP contribution in [0.2, 0.25) is 0 Å². The number of anilines is 1. The summed E-state index contributed by atoms with van der Waals surface area (Å²) >= 11 is 3.39. The highest BCUT2D eigenvalue weighted by atomic mass is 79.9. The lowest BCUT2D eigenvalue weighted by Crippen LogP contribution is -2.04. The molecule has 2 rings (SSSR count). The van der Waals surface area contributed by atoms with Crippen molar-refractivity contribution in [2.75, 3.05) is 5.32 Å². The van der Waals surface area contributed by atoms with E-state index < -0.39 is 4.92 Å². The standard InChI is InChI=1S/C16H17BrN2O2/c1-11(2)14-5-3-4-6-16(14)18-10-12-7-8-13(19(20)21)9-15(12)17/h3-9,11,18H,10H2,1-2H3. The van der Waals surface area contributed by atoms with Crippen molar-refractivity contribution in [1.29, 1.82) is 0 Å². The fraction of sp³-hybridized carbons (Fsp3) is 0.250. The summed E-state index contributed by atoms with van der Waals surface area (Å²) < 4.78 is 0.742. The van der Waals surface area contributed by atoms with Crippen LogP contribution in [0.3, 0.4) is 0 Å². The quantitative estimate of drug-likeness (QED) is 0.604. The van der Waals surface area contributed by atoms with E-state index in [9.17, 15) is 10.1 Å². The van der Waals surface area contributed by atoms with Crippen LogP contribution in [0.25, 0.3) is 0 Å². The fourth-order valence-corrected chi connectivity index (χ4v) is 2.65. The molecule has 5 heteroatoms. The Kier molecular flexibility index (Phi) is 4.96. The predicted octanol–water partition coefficient (Wildman–Crippen LogP) is 5.09. The number of hydrogen-bond donors (Lipinski definition) is 1. The van der Waals surface area contributed by atoms with Gasteiger partial charge in [-0.15, -0.1) is 0 Å². The molecule has 1 N–H and O–H groups in total. The molecule has 0 aliphatic rings. The van der Waals surface area contributed by atoms with Crippen molar-refractivity contribution in [3.8, 4) is 0 Å². The van der Waals surface area contributed by atoms with Crippen LogP contribution < -0.4 is 5.32 Å². The van der Waals surface area contributed by atoms with E-state index >= 15 is 0 Å². The van der Waals surface area contributed by atoms with E-state index in [1.54, 1.807) is 6.07 Å². The second-order valence-electron chi connectivity index (χ2n) is 5.13. The summed E-state index contributed by atoms with van der Waals surface area (Å²) in [5, 5.41) is 14.1. The number of nitro groups is 1. The lowest BCUT2D eigenvalue weighted by Gasteiger charge is -2.15. The van der Waals surface area contributed by atoms with Crippen molar-refractivity contribution < 1.29 is 4.92 Å². The summed E-state index contributed by atoms with van der Waals surface area (Å²) in [6, 6.07) is 13.0. The highest BCUT2D eigenvalue weighted by Gasteiger charge is 2.10. The minimum Gasteiger partial charge on any atom is -0.381 e. The predicted molar refractivity (Wildman–Crippen MR) is 88.7 cm³/mol. The smallest absolute Gasteiger partial charge is 0.270 e. The van der Waals surface area contributed by atoms with Crippen molar-refractivity contribution >= 4 is 27.3 Å². The van der Waals surface area contributed by atoms with Crippen molar-refractivity contribution in [1.82, 2.24) is 0 Å². The number of nitrogens with zero attached hydrogens (tertiary/aromatic N) is 1. The Morgan fingerprint density at radius 1 is 1.24 bits per heavy atom. The zero-order valence-corrected chi connectivity index (χ0v) is 13.6. The molecule has 0 aliphatic heterocycles. The Bertz CT molecular complexity index is 656. The minimum atomic E-state index is -0.393. The molecular formula is C16H17BrN2O2. The number of benzene rings is 2. The maximum absolute atomic E-state index is 10.7. The average molecular weight is 349 g/mol. The van der Waals surface area contributed by atoms with Gasteiger partial charge < -0.3 is 5.32 Å². The maximum Gasteiger partial charge on any atom is 0.270 e. The second-order valence-corrected chi connectivity index (χ2v) is 5.98. The third-order valence-electron chi connectivity index (χ3n) is 3.30. The van der Waals surface area contributed by atoms with Gasteiger partial charge in [0.1, 0.15) is 0 Å². The minimum absolute atomic E-state index is 0.0909. The first-order valence-corrected chi connectivity index (χ1v) is 7.54. The van der Waals surface area contributed by atoms with Gasteiger partial charge >= 0.3 is 0 Å². The summed E-state index contributed by atoms with van der Waals surface area (Å²) in [6.45, 7) is 4.92. The topological polar surface area (TPSA) is 55.2 Å². The molecule has 2 aromatic rings. The molecule has 0 radical (unpaired) electrons. The molecule has 0 atom stereocenters. The van der Waals surface area contributed by atoms with Crippen LogP contribution in [0.15, 0.2) is 46.9 Å². The van der Waals surface area contributed by atoms with Crippen LogP contribution in [0.1, 0.15) is 30.9 Å². The van der Waals surface area contributed by atoms with Crippen molar-refractivity contribution in [2.24, 2.45) is 0 Å². The first-order chi connectivity index (χ1) is 9.99. The van der Waals surface area contributed by atoms with Gasteiger partial charge in [-0.1, -0.05) is 48.0 Å². The Morgan fingerprint density at radius 2 is 1.95 bits per heavy atom. The molecule has 0 unspecified atom stereocenters. The molecule has 0 aliphatic carbocycles. The van der Waals surface area contributed by atoms with Gasteiger partial charge in [0.25, 0.3) is 5.69 Å². The van der Waals surface area contributed by atoms with Gasteiger partial charge in [-0.2, -0.15) is 0 Å². The number of para-hydroxylation sites is 1. The molecule has 0 bridgehead atoms. The number of hydrogen-bond acceptors (Lipinski definition) is 3. The number of non-ortho nitro benzene ring substituents is 1. The molecule has 0 fully saturated rings. The fourth-order valence-electron chi connectivity index (χ4n) is 2.15. The largest absolute Gasteiger partial charge is 0.381 e. The molecule has 0 spiro atoms. The van der Waals surface area contributed by atoms with E-state index in [0.717, 1.165) is 15.7 Å². The van der Waals surface area contributed by atoms with Crippen LogP contribution in [-0.2, 0) is 6.54 Å². The van der Waals surface area contributed by atoms with E-state index in [2.05, 4.69) is 47.2 Å². The Balaban J connectivity index is 2.15. The summed E-state index contributed by atoms with van der Waals surface area (Å²) in [4.78, 5) is 10.3. The average Bonchev–Trinajstić information content (AvgIpc) is 2.46. The van der Waals surface area contributed by atoms with Crippen LogP contribution in [0.5, 0.6) is 0 Å². The highest BCUT2D eigenvalue weighted by molar-refractivity contribution is 9.10. The van der Waals surface area contributed by atoms with Crippen molar-refractivity contribution in [3.05, 3.63) is 68.2 Å². The summed E-state index contributed by atoms with van der Waals surface area (Å²) in [7, 11) is 0. The Morgan fingerprint density at radius 3 is 2.57 bits per heavy atom. The third-order valence-corrected chi connectivity index (χ3v) is 4.04. The molecule has 0 heterocycles. The highest BCUT2D eigenvalue weighted by Crippen LogP contribution is 2.27. The van der Waals surface area contributed by atoms with E-state index in [-0.39, 0.29) is 5.69 Å². The lowest BCUT2D eigenvalue weighted by atomic mass is 10.0. The molecule has 4 nitrogen and oxygen atoms in total. The molecule has 0 saturated carbocycles. The second kappa shape index (κ2) is 6.72. The number of rotatable bonds is 5. The lowest BCUT2D eigenvalue weighted by molar-refractivity contribution is -0.384. The SMILES string of the molecule is CC(C)c1ccccc1NCc1ccc([N+](=O)[O-])cc1Br. The van der Waals surface area contributed by atoms with Crippen LogP contribution in [-0.4, -0.2) is 4.92 Å². The van der Waals surface area contributed by atoms with Gasteiger partial charge in [0.2, 0.25) is 0 Å². The molecule has 0 saturated heterocycles. The number of halogens is 1. The monoisotopic (exact) mass is 348 g/mol. The molecule has 2 aromatic carbocycles. The molecule has 110 valence electrons. The Hall–Kier alpha value is -1.88. The van der Waals surface area contributed by atoms with Gasteiger partial charge in [0, 0.05) is 28.8 Å². The first-order valence-electron chi connectivity index (χ1n) is 6.74. The molecule has 21 heavy (non-hydrogen) atoms. The zero-order chi connectivity index (χ0) is 15.4. The van der Waals surface area contributed by atoms with E-state index in [1.807, 2.05) is 12.1 Å². The van der Waals surface area contributed by atoms with Gasteiger partial charge in [0.15, 0.2) is 0 Å². The molecule has 0 amide bonds. The van der Waals surface area contributed by atoms with Crippen LogP contribution in [0, 0.1) is 10.1 Å². The number of nitrogens with one attached hydrogen (secondary N) is 1. The van der Waals surface area contributed by atoms with E-state index in [1.165, 1.54) is 17.7 Å². The van der Waals surface area contributed by atoms with Crippen LogP contribution >= 0.6 is 15.9 Å². The maximum atomic E-state index is 10.7. The van der Waals surface area contributed by atoms with Gasteiger partial charge in [0.05, 0.1) is 4.92 Å².